The standard InChI is InChI=1S/C21H22ClFN2O5S/c1-14(20(26)24-18-6-2-5-16(22)12-18)30-21(27)15-4-3-11-25(13-15)31(28,29)19-9-7-17(23)8-10-19/h2,5-10,12,14-15H,3-4,11,13H2,1H3,(H,24,26). The molecule has 0 saturated carbocycles. The molecule has 0 aromatic heterocycles. The van der Waals surface area contributed by atoms with Crippen molar-refractivity contribution in [3.05, 3.63) is 59.4 Å². The number of rotatable bonds is 6. The van der Waals surface area contributed by atoms with Crippen LogP contribution < -0.4 is 5.32 Å². The number of benzene rings is 2. The molecule has 0 spiro atoms. The van der Waals surface area contributed by atoms with Crippen molar-refractivity contribution in [2.24, 2.45) is 5.92 Å². The lowest BCUT2D eigenvalue weighted by Gasteiger charge is -2.31. The molecule has 31 heavy (non-hydrogen) atoms. The van der Waals surface area contributed by atoms with Crippen molar-refractivity contribution >= 4 is 39.2 Å². The van der Waals surface area contributed by atoms with E-state index in [-0.39, 0.29) is 18.0 Å². The third-order valence-corrected chi connectivity index (χ3v) is 7.04. The fourth-order valence-corrected chi connectivity index (χ4v) is 4.96. The van der Waals surface area contributed by atoms with Crippen LogP contribution in [0.1, 0.15) is 19.8 Å². The number of piperidine rings is 1. The van der Waals surface area contributed by atoms with E-state index in [1.54, 1.807) is 24.3 Å². The number of halogens is 2. The molecule has 0 bridgehead atoms. The topological polar surface area (TPSA) is 92.8 Å². The Labute approximate surface area is 185 Å². The Morgan fingerprint density at radius 1 is 1.23 bits per heavy atom. The van der Waals surface area contributed by atoms with E-state index in [2.05, 4.69) is 5.32 Å². The maximum absolute atomic E-state index is 13.1. The molecule has 2 unspecified atom stereocenters. The number of nitrogens with zero attached hydrogens (tertiary/aromatic N) is 1. The predicted octanol–water partition coefficient (Wildman–Crippen LogP) is 3.45. The lowest BCUT2D eigenvalue weighted by molar-refractivity contribution is -0.158. The first-order valence-electron chi connectivity index (χ1n) is 9.69. The van der Waals surface area contributed by atoms with Crippen LogP contribution in [-0.4, -0.2) is 43.8 Å². The van der Waals surface area contributed by atoms with Crippen LogP contribution in [0.15, 0.2) is 53.4 Å². The van der Waals surface area contributed by atoms with Crippen LogP contribution in [0.2, 0.25) is 5.02 Å². The van der Waals surface area contributed by atoms with Gasteiger partial charge < -0.3 is 10.1 Å². The van der Waals surface area contributed by atoms with Crippen LogP contribution in [0.25, 0.3) is 0 Å². The van der Waals surface area contributed by atoms with Gasteiger partial charge in [0.1, 0.15) is 5.82 Å². The Bertz CT molecular complexity index is 1060. The largest absolute Gasteiger partial charge is 0.452 e. The molecule has 1 N–H and O–H groups in total. The van der Waals surface area contributed by atoms with E-state index in [9.17, 15) is 22.4 Å². The van der Waals surface area contributed by atoms with E-state index in [4.69, 9.17) is 16.3 Å². The zero-order valence-electron chi connectivity index (χ0n) is 16.8. The number of nitrogens with one attached hydrogen (secondary N) is 1. The molecular weight excluding hydrogens is 447 g/mol. The fraction of sp³-hybridized carbons (Fsp3) is 0.333. The molecule has 1 aliphatic rings. The van der Waals surface area contributed by atoms with Crippen LogP contribution in [0, 0.1) is 11.7 Å². The molecule has 2 aromatic carbocycles. The predicted molar refractivity (Wildman–Crippen MR) is 114 cm³/mol. The van der Waals surface area contributed by atoms with Crippen LogP contribution >= 0.6 is 11.6 Å². The first-order valence-corrected chi connectivity index (χ1v) is 11.5. The highest BCUT2D eigenvalue weighted by atomic mass is 35.5. The minimum absolute atomic E-state index is 0.0443. The molecule has 3 rings (SSSR count). The molecule has 0 aliphatic carbocycles. The van der Waals surface area contributed by atoms with Crippen LogP contribution in [-0.2, 0) is 24.3 Å². The van der Waals surface area contributed by atoms with Gasteiger partial charge in [-0.15, -0.1) is 0 Å². The van der Waals surface area contributed by atoms with Gasteiger partial charge in [0.05, 0.1) is 10.8 Å². The summed E-state index contributed by atoms with van der Waals surface area (Å²) in [5.41, 5.74) is 0.467. The van der Waals surface area contributed by atoms with E-state index >= 15 is 0 Å². The Morgan fingerprint density at radius 3 is 2.61 bits per heavy atom. The number of carbonyl (C=O) groups is 2. The summed E-state index contributed by atoms with van der Waals surface area (Å²) in [5, 5.41) is 3.06. The summed E-state index contributed by atoms with van der Waals surface area (Å²) >= 11 is 5.89. The van der Waals surface area contributed by atoms with E-state index in [1.165, 1.54) is 23.4 Å². The van der Waals surface area contributed by atoms with Gasteiger partial charge in [0, 0.05) is 23.8 Å². The van der Waals surface area contributed by atoms with E-state index in [1.807, 2.05) is 0 Å². The first kappa shape index (κ1) is 23.2. The fourth-order valence-electron chi connectivity index (χ4n) is 3.24. The van der Waals surface area contributed by atoms with Gasteiger partial charge in [-0.25, -0.2) is 12.8 Å². The molecule has 2 aromatic rings. The summed E-state index contributed by atoms with van der Waals surface area (Å²) in [6.07, 6.45) is -0.171. The molecule has 0 radical (unpaired) electrons. The molecular formula is C21H22ClFN2O5S. The first-order chi connectivity index (χ1) is 14.7. The molecule has 7 nitrogen and oxygen atoms in total. The highest BCUT2D eigenvalue weighted by molar-refractivity contribution is 7.89. The van der Waals surface area contributed by atoms with Crippen molar-refractivity contribution in [3.63, 3.8) is 0 Å². The molecule has 166 valence electrons. The molecule has 10 heteroatoms. The summed E-state index contributed by atoms with van der Waals surface area (Å²) in [5.74, 6) is -2.41. The minimum Gasteiger partial charge on any atom is -0.452 e. The highest BCUT2D eigenvalue weighted by Crippen LogP contribution is 2.25. The third-order valence-electron chi connectivity index (χ3n) is 4.92. The summed E-state index contributed by atoms with van der Waals surface area (Å²) in [6.45, 7) is 1.61. The van der Waals surface area contributed by atoms with Crippen molar-refractivity contribution in [2.75, 3.05) is 18.4 Å². The smallest absolute Gasteiger partial charge is 0.311 e. The number of carbonyl (C=O) groups excluding carboxylic acids is 2. The van der Waals surface area contributed by atoms with E-state index in [0.717, 1.165) is 12.1 Å². The van der Waals surface area contributed by atoms with Gasteiger partial charge in [-0.3, -0.25) is 9.59 Å². The highest BCUT2D eigenvalue weighted by Gasteiger charge is 2.35. The number of ether oxygens (including phenoxy) is 1. The SMILES string of the molecule is CC(OC(=O)C1CCCN(S(=O)(=O)c2ccc(F)cc2)C1)C(=O)Nc1cccc(Cl)c1. The van der Waals surface area contributed by atoms with Crippen molar-refractivity contribution in [1.82, 2.24) is 4.31 Å². The molecule has 1 saturated heterocycles. The number of anilines is 1. The van der Waals surface area contributed by atoms with Crippen molar-refractivity contribution in [1.29, 1.82) is 0 Å². The molecule has 2 atom stereocenters. The van der Waals surface area contributed by atoms with Crippen LogP contribution in [0.3, 0.4) is 0 Å². The van der Waals surface area contributed by atoms with Gasteiger partial charge in [0.25, 0.3) is 5.91 Å². The number of sulfonamides is 1. The Hall–Kier alpha value is -2.49. The van der Waals surface area contributed by atoms with Crippen molar-refractivity contribution < 1.29 is 27.1 Å². The summed E-state index contributed by atoms with van der Waals surface area (Å²) in [7, 11) is -3.87. The number of esters is 1. The maximum atomic E-state index is 13.1. The quantitative estimate of drug-likeness (QED) is 0.655. The summed E-state index contributed by atoms with van der Waals surface area (Å²) < 4.78 is 45.2. The zero-order valence-corrected chi connectivity index (χ0v) is 18.3. The monoisotopic (exact) mass is 468 g/mol. The normalized spacial score (nSPS) is 18.2. The van der Waals surface area contributed by atoms with Crippen molar-refractivity contribution in [3.8, 4) is 0 Å². The summed E-state index contributed by atoms with van der Waals surface area (Å²) in [4.78, 5) is 24.8. The van der Waals surface area contributed by atoms with Gasteiger partial charge in [0.15, 0.2) is 6.10 Å². The van der Waals surface area contributed by atoms with Crippen LogP contribution in [0.5, 0.6) is 0 Å². The second-order valence-corrected chi connectivity index (χ2v) is 9.61. The molecule has 1 amide bonds. The van der Waals surface area contributed by atoms with Crippen molar-refractivity contribution in [2.45, 2.75) is 30.8 Å². The second kappa shape index (κ2) is 9.76. The van der Waals surface area contributed by atoms with Gasteiger partial charge >= 0.3 is 5.97 Å². The third kappa shape index (κ3) is 5.81. The van der Waals surface area contributed by atoms with Gasteiger partial charge in [-0.05, 0) is 62.2 Å². The van der Waals surface area contributed by atoms with Crippen LogP contribution in [0.4, 0.5) is 10.1 Å². The second-order valence-electron chi connectivity index (χ2n) is 7.23. The minimum atomic E-state index is -3.87. The van der Waals surface area contributed by atoms with E-state index in [0.29, 0.717) is 23.6 Å². The lowest BCUT2D eigenvalue weighted by atomic mass is 10.00. The van der Waals surface area contributed by atoms with Gasteiger partial charge in [-0.2, -0.15) is 4.31 Å². The number of amides is 1. The summed E-state index contributed by atoms with van der Waals surface area (Å²) in [6, 6.07) is 11.1. The Balaban J connectivity index is 1.61. The zero-order chi connectivity index (χ0) is 22.6. The molecule has 1 fully saturated rings. The number of hydrogen-bond acceptors (Lipinski definition) is 5. The average Bonchev–Trinajstić information content (AvgIpc) is 2.74. The maximum Gasteiger partial charge on any atom is 0.311 e. The number of hydrogen-bond donors (Lipinski definition) is 1. The Morgan fingerprint density at radius 2 is 1.94 bits per heavy atom. The van der Waals surface area contributed by atoms with Gasteiger partial charge in [-0.1, -0.05) is 17.7 Å². The Kier molecular flexibility index (Phi) is 7.30. The molecule has 1 aliphatic heterocycles. The van der Waals surface area contributed by atoms with E-state index < -0.39 is 39.7 Å². The average molecular weight is 469 g/mol. The molecule has 1 heterocycles. The lowest BCUT2D eigenvalue weighted by Crippen LogP contribution is -2.43. The van der Waals surface area contributed by atoms with Gasteiger partial charge in [0.2, 0.25) is 10.0 Å².